The third kappa shape index (κ3) is 4.43. The maximum absolute atomic E-state index is 7.25. The van der Waals surface area contributed by atoms with Gasteiger partial charge in [-0.1, -0.05) is 58.9 Å². The molecule has 31 heavy (non-hydrogen) atoms. The van der Waals surface area contributed by atoms with Crippen molar-refractivity contribution in [2.75, 3.05) is 19.8 Å². The Balaban J connectivity index is 2.35. The standard InChI is InChI=1S/C24H52O3Si4/c1-29(2,3)22(16-10-13-19-25-22)28(23(30(4,5)6)17-11-14-20-26-23)24(31(7,8)9)18-12-15-21-27-24/h28H,10-21H2,1-9H3. The minimum atomic E-state index is -1.74. The van der Waals surface area contributed by atoms with E-state index in [0.29, 0.717) is 0 Å². The van der Waals surface area contributed by atoms with Gasteiger partial charge in [-0.2, -0.15) is 0 Å². The molecule has 3 unspecified atom stereocenters. The Labute approximate surface area is 198 Å². The van der Waals surface area contributed by atoms with E-state index < -0.39 is 33.0 Å². The van der Waals surface area contributed by atoms with Crippen LogP contribution in [-0.4, -0.2) is 67.4 Å². The van der Waals surface area contributed by atoms with Gasteiger partial charge in [-0.3, -0.25) is 0 Å². The predicted molar refractivity (Wildman–Crippen MR) is 145 cm³/mol. The molecule has 3 atom stereocenters. The average Bonchev–Trinajstić information content (AvgIpc) is 2.68. The zero-order chi connectivity index (χ0) is 23.2. The van der Waals surface area contributed by atoms with Crippen molar-refractivity contribution < 1.29 is 14.2 Å². The molecular formula is C24H52O3Si4. The minimum absolute atomic E-state index is 0.0838. The van der Waals surface area contributed by atoms with E-state index in [1.165, 1.54) is 57.8 Å². The zero-order valence-electron chi connectivity index (χ0n) is 22.3. The number of ether oxygens (including phenoxy) is 3. The molecule has 0 radical (unpaired) electrons. The van der Waals surface area contributed by atoms with Crippen molar-refractivity contribution in [1.82, 2.24) is 0 Å². The molecule has 3 aliphatic rings. The van der Waals surface area contributed by atoms with E-state index >= 15 is 0 Å². The highest BCUT2D eigenvalue weighted by Gasteiger charge is 2.72. The first-order chi connectivity index (χ1) is 14.2. The maximum Gasteiger partial charge on any atom is 0.137 e. The molecule has 0 aromatic carbocycles. The molecule has 0 aromatic heterocycles. The van der Waals surface area contributed by atoms with Crippen LogP contribution in [0.2, 0.25) is 58.9 Å². The minimum Gasteiger partial charge on any atom is -0.382 e. The third-order valence-corrected chi connectivity index (χ3v) is 32.5. The molecule has 3 saturated heterocycles. The summed E-state index contributed by atoms with van der Waals surface area (Å²) in [5, 5.41) is 0. The molecule has 0 N–H and O–H groups in total. The van der Waals surface area contributed by atoms with Crippen molar-refractivity contribution in [3.63, 3.8) is 0 Å². The Morgan fingerprint density at radius 3 is 0.871 bits per heavy atom. The summed E-state index contributed by atoms with van der Waals surface area (Å²) >= 11 is 0. The molecule has 182 valence electrons. The van der Waals surface area contributed by atoms with Gasteiger partial charge in [0.15, 0.2) is 0 Å². The number of hydrogen-bond acceptors (Lipinski definition) is 3. The van der Waals surface area contributed by atoms with Crippen molar-refractivity contribution >= 4 is 33.0 Å². The Morgan fingerprint density at radius 1 is 0.452 bits per heavy atom. The molecule has 3 heterocycles. The monoisotopic (exact) mass is 500 g/mol. The van der Waals surface area contributed by atoms with Crippen LogP contribution in [0.4, 0.5) is 0 Å². The highest BCUT2D eigenvalue weighted by molar-refractivity contribution is 7.07. The van der Waals surface area contributed by atoms with E-state index in [1.807, 2.05) is 0 Å². The third-order valence-electron chi connectivity index (χ3n) is 9.11. The van der Waals surface area contributed by atoms with Gasteiger partial charge in [0, 0.05) is 19.8 Å². The lowest BCUT2D eigenvalue weighted by Gasteiger charge is -2.67. The summed E-state index contributed by atoms with van der Waals surface area (Å²) < 4.78 is 21.7. The average molecular weight is 501 g/mol. The Bertz CT molecular complexity index is 514. The fourth-order valence-electron chi connectivity index (χ4n) is 7.33. The van der Waals surface area contributed by atoms with Crippen LogP contribution in [0.1, 0.15) is 57.8 Å². The van der Waals surface area contributed by atoms with E-state index in [-0.39, 0.29) is 14.5 Å². The fraction of sp³-hybridized carbons (Fsp3) is 1.00. The molecule has 0 spiro atoms. The van der Waals surface area contributed by atoms with E-state index in [1.54, 1.807) is 0 Å². The second-order valence-corrected chi connectivity index (χ2v) is 35.2. The Kier molecular flexibility index (Phi) is 7.72. The quantitative estimate of drug-likeness (QED) is 0.402. The van der Waals surface area contributed by atoms with Gasteiger partial charge >= 0.3 is 0 Å². The summed E-state index contributed by atoms with van der Waals surface area (Å²) in [7, 11) is -6.74. The summed E-state index contributed by atoms with van der Waals surface area (Å²) in [4.78, 5) is 0.251. The van der Waals surface area contributed by atoms with Gasteiger partial charge in [-0.15, -0.1) is 0 Å². The van der Waals surface area contributed by atoms with Gasteiger partial charge in [0.05, 0.1) is 38.8 Å². The van der Waals surface area contributed by atoms with Crippen LogP contribution in [-0.2, 0) is 14.2 Å². The van der Waals surface area contributed by atoms with Crippen molar-refractivity contribution in [3.05, 3.63) is 0 Å². The van der Waals surface area contributed by atoms with Crippen molar-refractivity contribution in [1.29, 1.82) is 0 Å². The first-order valence-electron chi connectivity index (χ1n) is 13.2. The van der Waals surface area contributed by atoms with Crippen molar-refractivity contribution in [2.45, 2.75) is 131 Å². The van der Waals surface area contributed by atoms with Crippen LogP contribution in [0.25, 0.3) is 0 Å². The number of hydrogen-bond donors (Lipinski definition) is 0. The van der Waals surface area contributed by atoms with Gasteiger partial charge in [0.1, 0.15) is 8.80 Å². The van der Waals surface area contributed by atoms with E-state index in [0.717, 1.165) is 19.8 Å². The number of rotatable bonds is 6. The van der Waals surface area contributed by atoms with E-state index in [2.05, 4.69) is 58.9 Å². The zero-order valence-corrected chi connectivity index (χ0v) is 26.4. The predicted octanol–water partition coefficient (Wildman–Crippen LogP) is 6.28. The van der Waals surface area contributed by atoms with Gasteiger partial charge in [-0.05, 0) is 57.8 Å². The smallest absolute Gasteiger partial charge is 0.137 e. The molecule has 0 aliphatic carbocycles. The summed E-state index contributed by atoms with van der Waals surface area (Å²) in [5.74, 6) is 0. The molecule has 0 aromatic rings. The summed E-state index contributed by atoms with van der Waals surface area (Å²) in [5.41, 5.74) is 0. The van der Waals surface area contributed by atoms with Crippen LogP contribution < -0.4 is 0 Å². The lowest BCUT2D eigenvalue weighted by molar-refractivity contribution is -0.0389. The second kappa shape index (κ2) is 9.08. The molecule has 3 rings (SSSR count). The first-order valence-corrected chi connectivity index (χ1v) is 25.4. The van der Waals surface area contributed by atoms with Crippen LogP contribution in [0, 0.1) is 0 Å². The highest BCUT2D eigenvalue weighted by Crippen LogP contribution is 2.54. The molecule has 0 bridgehead atoms. The van der Waals surface area contributed by atoms with Crippen LogP contribution in [0.15, 0.2) is 0 Å². The van der Waals surface area contributed by atoms with Crippen LogP contribution in [0.5, 0.6) is 0 Å². The first kappa shape index (κ1) is 26.4. The van der Waals surface area contributed by atoms with E-state index in [4.69, 9.17) is 14.2 Å². The molecule has 0 amide bonds. The Morgan fingerprint density at radius 2 is 0.710 bits per heavy atom. The van der Waals surface area contributed by atoms with Crippen molar-refractivity contribution in [3.8, 4) is 0 Å². The Hall–Kier alpha value is 0.748. The maximum atomic E-state index is 7.25. The molecule has 3 aliphatic heterocycles. The summed E-state index contributed by atoms with van der Waals surface area (Å²) in [6, 6.07) is 0. The summed E-state index contributed by atoms with van der Waals surface area (Å²) in [6.45, 7) is 26.4. The van der Waals surface area contributed by atoms with Gasteiger partial charge in [0.2, 0.25) is 0 Å². The topological polar surface area (TPSA) is 27.7 Å². The second-order valence-electron chi connectivity index (χ2n) is 13.8. The normalized spacial score (nSPS) is 37.5. The largest absolute Gasteiger partial charge is 0.382 e. The van der Waals surface area contributed by atoms with Crippen LogP contribution in [0.3, 0.4) is 0 Å². The fourth-order valence-corrected chi connectivity index (χ4v) is 32.2. The molecule has 0 saturated carbocycles. The SMILES string of the molecule is C[Si](C)(C)C1([SiH](C2([Si](C)(C)C)CCCCO2)C2([Si](C)(C)C)CCCCO2)CCCCO1. The van der Waals surface area contributed by atoms with Gasteiger partial charge < -0.3 is 14.2 Å². The molecule has 3 fully saturated rings. The van der Waals surface area contributed by atoms with Crippen LogP contribution >= 0.6 is 0 Å². The van der Waals surface area contributed by atoms with E-state index in [9.17, 15) is 0 Å². The summed E-state index contributed by atoms with van der Waals surface area (Å²) in [6.07, 6.45) is 11.5. The molecular weight excluding hydrogens is 449 g/mol. The van der Waals surface area contributed by atoms with Gasteiger partial charge in [0.25, 0.3) is 0 Å². The lowest BCUT2D eigenvalue weighted by Crippen LogP contribution is -2.88. The van der Waals surface area contributed by atoms with Crippen molar-refractivity contribution in [2.24, 2.45) is 0 Å². The van der Waals surface area contributed by atoms with Gasteiger partial charge in [-0.25, -0.2) is 0 Å². The molecule has 7 heteroatoms. The highest BCUT2D eigenvalue weighted by atomic mass is 28.4. The lowest BCUT2D eigenvalue weighted by atomic mass is 10.2. The molecule has 3 nitrogen and oxygen atoms in total.